The first kappa shape index (κ1) is 11.8. The molecule has 0 saturated carbocycles. The van der Waals surface area contributed by atoms with Crippen LogP contribution in [0, 0.1) is 5.82 Å². The van der Waals surface area contributed by atoms with E-state index in [1.165, 1.54) is 4.90 Å². The fourth-order valence-corrected chi connectivity index (χ4v) is 1.93. The quantitative estimate of drug-likeness (QED) is 0.743. The summed E-state index contributed by atoms with van der Waals surface area (Å²) in [5, 5.41) is 9.48. The zero-order valence-electron chi connectivity index (χ0n) is 9.27. The van der Waals surface area contributed by atoms with Crippen LogP contribution in [0.25, 0.3) is 0 Å². The summed E-state index contributed by atoms with van der Waals surface area (Å²) in [6.45, 7) is 0.806. The molecule has 0 radical (unpaired) electrons. The predicted octanol–water partition coefficient (Wildman–Crippen LogP) is 0.400. The number of nitrogens with two attached hydrogens (primary N) is 1. The van der Waals surface area contributed by atoms with Crippen LogP contribution in [-0.4, -0.2) is 40.1 Å². The summed E-state index contributed by atoms with van der Waals surface area (Å²) in [6, 6.07) is 1.08. The van der Waals surface area contributed by atoms with Crippen LogP contribution in [0.3, 0.4) is 0 Å². The highest BCUT2D eigenvalue weighted by molar-refractivity contribution is 5.98. The largest absolute Gasteiger partial charge is 0.391 e. The fourth-order valence-electron chi connectivity index (χ4n) is 1.93. The molecule has 6 heteroatoms. The number of aliphatic hydroxyl groups is 1. The highest BCUT2D eigenvalue weighted by atomic mass is 19.1. The summed E-state index contributed by atoms with van der Waals surface area (Å²) in [7, 11) is 0. The zero-order chi connectivity index (χ0) is 12.4. The van der Waals surface area contributed by atoms with Crippen molar-refractivity contribution in [2.24, 2.45) is 0 Å². The van der Waals surface area contributed by atoms with E-state index in [2.05, 4.69) is 4.98 Å². The number of piperidine rings is 1. The van der Waals surface area contributed by atoms with Gasteiger partial charge in [0.05, 0.1) is 17.9 Å². The van der Waals surface area contributed by atoms with Crippen LogP contribution in [0.15, 0.2) is 12.3 Å². The first-order chi connectivity index (χ1) is 8.08. The number of carbonyl (C=O) groups excluding carboxylic acids is 1. The Hall–Kier alpha value is -1.69. The molecule has 2 heterocycles. The number of nitrogens with zero attached hydrogens (tertiary/aromatic N) is 2. The Morgan fingerprint density at radius 1 is 1.65 bits per heavy atom. The van der Waals surface area contributed by atoms with Crippen molar-refractivity contribution in [1.29, 1.82) is 0 Å². The lowest BCUT2D eigenvalue weighted by Gasteiger charge is -2.30. The number of rotatable bonds is 1. The summed E-state index contributed by atoms with van der Waals surface area (Å²) in [5.74, 6) is -0.968. The average molecular weight is 239 g/mol. The second-order valence-corrected chi connectivity index (χ2v) is 4.13. The maximum atomic E-state index is 13.0. The molecule has 0 bridgehead atoms. The number of halogens is 1. The Morgan fingerprint density at radius 3 is 3.12 bits per heavy atom. The minimum absolute atomic E-state index is 0.0106. The first-order valence-electron chi connectivity index (χ1n) is 5.46. The van der Waals surface area contributed by atoms with E-state index in [1.54, 1.807) is 0 Å². The van der Waals surface area contributed by atoms with Crippen LogP contribution in [0.1, 0.15) is 23.2 Å². The van der Waals surface area contributed by atoms with Crippen LogP contribution in [0.2, 0.25) is 0 Å². The average Bonchev–Trinajstić information content (AvgIpc) is 2.31. The van der Waals surface area contributed by atoms with Gasteiger partial charge < -0.3 is 15.7 Å². The van der Waals surface area contributed by atoms with Gasteiger partial charge in [-0.25, -0.2) is 9.37 Å². The van der Waals surface area contributed by atoms with Crippen LogP contribution < -0.4 is 5.73 Å². The van der Waals surface area contributed by atoms with E-state index < -0.39 is 11.9 Å². The van der Waals surface area contributed by atoms with E-state index in [9.17, 15) is 14.3 Å². The molecule has 17 heavy (non-hydrogen) atoms. The molecule has 1 fully saturated rings. The number of anilines is 1. The first-order valence-corrected chi connectivity index (χ1v) is 5.46. The summed E-state index contributed by atoms with van der Waals surface area (Å²) in [5.41, 5.74) is 5.60. The van der Waals surface area contributed by atoms with E-state index in [4.69, 9.17) is 5.73 Å². The van der Waals surface area contributed by atoms with Crippen molar-refractivity contribution >= 4 is 11.7 Å². The van der Waals surface area contributed by atoms with Crippen molar-refractivity contribution < 1.29 is 14.3 Å². The Labute approximate surface area is 98.1 Å². The van der Waals surface area contributed by atoms with Gasteiger partial charge in [0.1, 0.15) is 11.6 Å². The topological polar surface area (TPSA) is 79.5 Å². The molecule has 1 aromatic rings. The lowest BCUT2D eigenvalue weighted by Crippen LogP contribution is -2.42. The summed E-state index contributed by atoms with van der Waals surface area (Å²) in [6.07, 6.45) is 1.86. The lowest BCUT2D eigenvalue weighted by molar-refractivity contribution is 0.0474. The number of amides is 1. The summed E-state index contributed by atoms with van der Waals surface area (Å²) in [4.78, 5) is 17.1. The van der Waals surface area contributed by atoms with Gasteiger partial charge in [0, 0.05) is 13.1 Å². The molecule has 5 nitrogen and oxygen atoms in total. The van der Waals surface area contributed by atoms with Crippen LogP contribution in [0.5, 0.6) is 0 Å². The van der Waals surface area contributed by atoms with Gasteiger partial charge in [-0.2, -0.15) is 0 Å². The number of aliphatic hydroxyl groups excluding tert-OH is 1. The number of hydrogen-bond donors (Lipinski definition) is 2. The molecule has 1 aliphatic heterocycles. The molecule has 0 aromatic carbocycles. The molecule has 0 aliphatic carbocycles. The molecule has 0 spiro atoms. The van der Waals surface area contributed by atoms with Crippen molar-refractivity contribution in [3.05, 3.63) is 23.6 Å². The summed E-state index contributed by atoms with van der Waals surface area (Å²) >= 11 is 0. The van der Waals surface area contributed by atoms with E-state index in [-0.39, 0.29) is 23.8 Å². The molecular weight excluding hydrogens is 225 g/mol. The van der Waals surface area contributed by atoms with E-state index >= 15 is 0 Å². The number of carbonyl (C=O) groups is 1. The molecule has 2 rings (SSSR count). The second-order valence-electron chi connectivity index (χ2n) is 4.13. The monoisotopic (exact) mass is 239 g/mol. The van der Waals surface area contributed by atoms with Crippen molar-refractivity contribution in [2.75, 3.05) is 18.8 Å². The lowest BCUT2D eigenvalue weighted by atomic mass is 10.1. The molecule has 1 unspecified atom stereocenters. The number of pyridine rings is 1. The Kier molecular flexibility index (Phi) is 3.23. The number of β-amino-alcohol motifs (C(OH)–C–C–N with tert-alkyl or cyclic N) is 1. The third-order valence-corrected chi connectivity index (χ3v) is 2.80. The van der Waals surface area contributed by atoms with Gasteiger partial charge in [0.15, 0.2) is 0 Å². The number of nitrogen functional groups attached to an aromatic ring is 1. The minimum Gasteiger partial charge on any atom is -0.391 e. The number of hydrogen-bond acceptors (Lipinski definition) is 4. The Balaban J connectivity index is 2.21. The van der Waals surface area contributed by atoms with E-state index in [0.717, 1.165) is 18.7 Å². The van der Waals surface area contributed by atoms with E-state index in [1.807, 2.05) is 0 Å². The third-order valence-electron chi connectivity index (χ3n) is 2.80. The second kappa shape index (κ2) is 4.67. The third kappa shape index (κ3) is 2.52. The maximum absolute atomic E-state index is 13.0. The molecule has 1 saturated heterocycles. The molecule has 1 atom stereocenters. The van der Waals surface area contributed by atoms with Crippen LogP contribution in [0.4, 0.5) is 10.2 Å². The Morgan fingerprint density at radius 2 is 2.41 bits per heavy atom. The van der Waals surface area contributed by atoms with Crippen molar-refractivity contribution in [3.63, 3.8) is 0 Å². The molecule has 92 valence electrons. The molecule has 1 aromatic heterocycles. The van der Waals surface area contributed by atoms with Gasteiger partial charge in [-0.3, -0.25) is 4.79 Å². The highest BCUT2D eigenvalue weighted by Gasteiger charge is 2.24. The van der Waals surface area contributed by atoms with Gasteiger partial charge in [-0.1, -0.05) is 0 Å². The summed E-state index contributed by atoms with van der Waals surface area (Å²) < 4.78 is 13.0. The van der Waals surface area contributed by atoms with Gasteiger partial charge in [0.2, 0.25) is 0 Å². The van der Waals surface area contributed by atoms with Crippen LogP contribution in [-0.2, 0) is 0 Å². The normalized spacial score (nSPS) is 20.4. The number of aromatic nitrogens is 1. The predicted molar refractivity (Wildman–Crippen MR) is 59.8 cm³/mol. The smallest absolute Gasteiger partial charge is 0.257 e. The van der Waals surface area contributed by atoms with Crippen LogP contribution >= 0.6 is 0 Å². The fraction of sp³-hybridized carbons (Fsp3) is 0.455. The Bertz CT molecular complexity index is 439. The van der Waals surface area contributed by atoms with Gasteiger partial charge in [0.25, 0.3) is 5.91 Å². The highest BCUT2D eigenvalue weighted by Crippen LogP contribution is 2.17. The van der Waals surface area contributed by atoms with Crippen molar-refractivity contribution in [2.45, 2.75) is 18.9 Å². The zero-order valence-corrected chi connectivity index (χ0v) is 9.27. The van der Waals surface area contributed by atoms with Gasteiger partial charge in [-0.05, 0) is 18.9 Å². The molecular formula is C11H14FN3O2. The van der Waals surface area contributed by atoms with E-state index in [0.29, 0.717) is 13.0 Å². The van der Waals surface area contributed by atoms with Gasteiger partial charge in [-0.15, -0.1) is 0 Å². The van der Waals surface area contributed by atoms with Gasteiger partial charge >= 0.3 is 0 Å². The maximum Gasteiger partial charge on any atom is 0.257 e. The SMILES string of the molecule is Nc1ncc(F)cc1C(=O)N1CCCC(O)C1. The minimum atomic E-state index is -0.597. The van der Waals surface area contributed by atoms with Crippen molar-refractivity contribution in [1.82, 2.24) is 9.88 Å². The molecule has 1 aliphatic rings. The molecule has 1 amide bonds. The standard InChI is InChI=1S/C11H14FN3O2/c12-7-4-9(10(13)14-5-7)11(17)15-3-1-2-8(16)6-15/h4-5,8,16H,1-3,6H2,(H2,13,14). The number of likely N-dealkylation sites (tertiary alicyclic amines) is 1. The van der Waals surface area contributed by atoms with Crippen molar-refractivity contribution in [3.8, 4) is 0 Å². The molecule has 3 N–H and O–H groups in total.